The van der Waals surface area contributed by atoms with Crippen molar-refractivity contribution in [2.45, 2.75) is 20.1 Å². The average molecular weight is 286 g/mol. The van der Waals surface area contributed by atoms with Crippen LogP contribution in [0, 0.1) is 0 Å². The van der Waals surface area contributed by atoms with E-state index >= 15 is 0 Å². The highest BCUT2D eigenvalue weighted by Gasteiger charge is 2.05. The molecule has 2 rings (SSSR count). The number of benzene rings is 2. The fraction of sp³-hybridized carbons (Fsp3) is 0.235. The highest BCUT2D eigenvalue weighted by Crippen LogP contribution is 2.21. The van der Waals surface area contributed by atoms with E-state index < -0.39 is 0 Å². The number of hydrogen-bond acceptors (Lipinski definition) is 4. The maximum absolute atomic E-state index is 10.7. The number of hydrogen-bond donors (Lipinski definition) is 1. The zero-order valence-corrected chi connectivity index (χ0v) is 11.9. The Hall–Kier alpha value is -2.33. The molecular formula is C17H18O4. The van der Waals surface area contributed by atoms with Crippen molar-refractivity contribution >= 4 is 6.29 Å². The second-order valence-corrected chi connectivity index (χ2v) is 4.51. The fourth-order valence-electron chi connectivity index (χ4n) is 1.95. The van der Waals surface area contributed by atoms with E-state index in [4.69, 9.17) is 9.47 Å². The van der Waals surface area contributed by atoms with Crippen LogP contribution in [0.4, 0.5) is 0 Å². The summed E-state index contributed by atoms with van der Waals surface area (Å²) in [6.07, 6.45) is 0.745. The molecule has 2 aromatic rings. The van der Waals surface area contributed by atoms with Crippen LogP contribution in [0.2, 0.25) is 0 Å². The van der Waals surface area contributed by atoms with Gasteiger partial charge in [0.2, 0.25) is 0 Å². The summed E-state index contributed by atoms with van der Waals surface area (Å²) in [4.78, 5) is 10.7. The van der Waals surface area contributed by atoms with Crippen molar-refractivity contribution in [2.24, 2.45) is 0 Å². The minimum atomic E-state index is -0.166. The van der Waals surface area contributed by atoms with Gasteiger partial charge in [0.25, 0.3) is 0 Å². The molecule has 0 heterocycles. The second-order valence-electron chi connectivity index (χ2n) is 4.51. The normalized spacial score (nSPS) is 10.2. The van der Waals surface area contributed by atoms with E-state index in [1.54, 1.807) is 18.2 Å². The summed E-state index contributed by atoms with van der Waals surface area (Å²) in [5, 5.41) is 9.32. The number of aldehydes is 1. The molecule has 4 nitrogen and oxygen atoms in total. The Labute approximate surface area is 123 Å². The third-order valence-electron chi connectivity index (χ3n) is 3.02. The van der Waals surface area contributed by atoms with E-state index in [-0.39, 0.29) is 6.61 Å². The Kier molecular flexibility index (Phi) is 5.35. The van der Waals surface area contributed by atoms with Crippen LogP contribution in [0.25, 0.3) is 0 Å². The number of aliphatic hydroxyl groups excluding tert-OH is 1. The Bertz CT molecular complexity index is 590. The molecule has 0 aliphatic carbocycles. The molecule has 0 aliphatic heterocycles. The lowest BCUT2D eigenvalue weighted by atomic mass is 10.1. The van der Waals surface area contributed by atoms with Crippen LogP contribution in [0.1, 0.15) is 28.4 Å². The van der Waals surface area contributed by atoms with Crippen LogP contribution in [0.3, 0.4) is 0 Å². The predicted octanol–water partition coefficient (Wildman–Crippen LogP) is 2.97. The molecule has 0 amide bonds. The lowest BCUT2D eigenvalue weighted by molar-refractivity contribution is 0.112. The van der Waals surface area contributed by atoms with Gasteiger partial charge in [-0.05, 0) is 42.8 Å². The Balaban J connectivity index is 2.03. The fourth-order valence-corrected chi connectivity index (χ4v) is 1.95. The first-order chi connectivity index (χ1) is 10.3. The summed E-state index contributed by atoms with van der Waals surface area (Å²) < 4.78 is 11.1. The molecule has 21 heavy (non-hydrogen) atoms. The van der Waals surface area contributed by atoms with Gasteiger partial charge in [-0.1, -0.05) is 12.1 Å². The summed E-state index contributed by atoms with van der Waals surface area (Å²) >= 11 is 0. The molecule has 2 aromatic carbocycles. The number of carbonyl (C=O) groups excluding carboxylic acids is 1. The monoisotopic (exact) mass is 286 g/mol. The molecular weight excluding hydrogens is 268 g/mol. The standard InChI is InChI=1S/C17H18O4/c1-2-20-16-6-3-13(4-7-16)12-21-17-8-5-14(10-18)9-15(17)11-19/h3-10,19H,2,11-12H2,1H3. The Morgan fingerprint density at radius 1 is 1.10 bits per heavy atom. The molecule has 0 aromatic heterocycles. The van der Waals surface area contributed by atoms with Crippen LogP contribution in [0.5, 0.6) is 11.5 Å². The second kappa shape index (κ2) is 7.45. The molecule has 0 radical (unpaired) electrons. The SMILES string of the molecule is CCOc1ccc(COc2ccc(C=O)cc2CO)cc1. The van der Waals surface area contributed by atoms with Crippen LogP contribution >= 0.6 is 0 Å². The maximum Gasteiger partial charge on any atom is 0.150 e. The van der Waals surface area contributed by atoms with E-state index in [1.807, 2.05) is 31.2 Å². The third-order valence-corrected chi connectivity index (χ3v) is 3.02. The van der Waals surface area contributed by atoms with Crippen LogP contribution < -0.4 is 9.47 Å². The van der Waals surface area contributed by atoms with Gasteiger partial charge < -0.3 is 14.6 Å². The van der Waals surface area contributed by atoms with E-state index in [2.05, 4.69) is 0 Å². The minimum Gasteiger partial charge on any atom is -0.494 e. The van der Waals surface area contributed by atoms with Crippen LogP contribution in [-0.2, 0) is 13.2 Å². The van der Waals surface area contributed by atoms with E-state index in [0.717, 1.165) is 17.6 Å². The highest BCUT2D eigenvalue weighted by atomic mass is 16.5. The van der Waals surface area contributed by atoms with Crippen molar-refractivity contribution in [1.29, 1.82) is 0 Å². The zero-order chi connectivity index (χ0) is 15.1. The molecule has 0 unspecified atom stereocenters. The summed E-state index contributed by atoms with van der Waals surface area (Å²) in [5.74, 6) is 1.41. The van der Waals surface area contributed by atoms with Crippen molar-refractivity contribution in [3.8, 4) is 11.5 Å². The molecule has 1 N–H and O–H groups in total. The van der Waals surface area contributed by atoms with Gasteiger partial charge in [0.05, 0.1) is 13.2 Å². The number of ether oxygens (including phenoxy) is 2. The predicted molar refractivity (Wildman–Crippen MR) is 79.7 cm³/mol. The van der Waals surface area contributed by atoms with Gasteiger partial charge >= 0.3 is 0 Å². The Morgan fingerprint density at radius 2 is 1.86 bits per heavy atom. The molecule has 0 saturated carbocycles. The lowest BCUT2D eigenvalue weighted by Crippen LogP contribution is -2.00. The molecule has 0 spiro atoms. The molecule has 0 fully saturated rings. The number of rotatable bonds is 7. The van der Waals surface area contributed by atoms with Gasteiger partial charge in [0.1, 0.15) is 24.4 Å². The van der Waals surface area contributed by atoms with Crippen LogP contribution in [-0.4, -0.2) is 18.0 Å². The van der Waals surface area contributed by atoms with Crippen molar-refractivity contribution in [3.05, 3.63) is 59.2 Å². The summed E-state index contributed by atoms with van der Waals surface area (Å²) in [7, 11) is 0. The average Bonchev–Trinajstić information content (AvgIpc) is 2.54. The molecule has 0 aliphatic rings. The minimum absolute atomic E-state index is 0.166. The largest absolute Gasteiger partial charge is 0.494 e. The number of carbonyl (C=O) groups is 1. The summed E-state index contributed by atoms with van der Waals surface area (Å²) in [5.41, 5.74) is 2.12. The van der Waals surface area contributed by atoms with Gasteiger partial charge in [0, 0.05) is 11.1 Å². The number of aliphatic hydroxyl groups is 1. The van der Waals surface area contributed by atoms with E-state index in [1.165, 1.54) is 0 Å². The van der Waals surface area contributed by atoms with Crippen molar-refractivity contribution in [2.75, 3.05) is 6.61 Å². The molecule has 0 atom stereocenters. The van der Waals surface area contributed by atoms with E-state index in [9.17, 15) is 9.90 Å². The van der Waals surface area contributed by atoms with Gasteiger partial charge in [-0.15, -0.1) is 0 Å². The third kappa shape index (κ3) is 4.07. The topological polar surface area (TPSA) is 55.8 Å². The first-order valence-electron chi connectivity index (χ1n) is 6.80. The van der Waals surface area contributed by atoms with Gasteiger partial charge in [-0.2, -0.15) is 0 Å². The van der Waals surface area contributed by atoms with Gasteiger partial charge in [-0.25, -0.2) is 0 Å². The van der Waals surface area contributed by atoms with Crippen LogP contribution in [0.15, 0.2) is 42.5 Å². The molecule has 4 heteroatoms. The summed E-state index contributed by atoms with van der Waals surface area (Å²) in [6.45, 7) is 2.80. The molecule has 0 saturated heterocycles. The maximum atomic E-state index is 10.7. The Morgan fingerprint density at radius 3 is 2.48 bits per heavy atom. The smallest absolute Gasteiger partial charge is 0.150 e. The zero-order valence-electron chi connectivity index (χ0n) is 11.9. The molecule has 0 bridgehead atoms. The van der Waals surface area contributed by atoms with Gasteiger partial charge in [0.15, 0.2) is 0 Å². The van der Waals surface area contributed by atoms with Crippen molar-refractivity contribution in [1.82, 2.24) is 0 Å². The first-order valence-corrected chi connectivity index (χ1v) is 6.80. The lowest BCUT2D eigenvalue weighted by Gasteiger charge is -2.11. The quantitative estimate of drug-likeness (QED) is 0.795. The van der Waals surface area contributed by atoms with E-state index in [0.29, 0.717) is 30.1 Å². The molecule has 110 valence electrons. The first kappa shape index (κ1) is 15.1. The van der Waals surface area contributed by atoms with Crippen molar-refractivity contribution in [3.63, 3.8) is 0 Å². The van der Waals surface area contributed by atoms with Gasteiger partial charge in [-0.3, -0.25) is 4.79 Å². The van der Waals surface area contributed by atoms with Crippen molar-refractivity contribution < 1.29 is 19.4 Å². The highest BCUT2D eigenvalue weighted by molar-refractivity contribution is 5.75. The summed E-state index contributed by atoms with van der Waals surface area (Å²) in [6, 6.07) is 12.6.